The molecule has 0 spiro atoms. The summed E-state index contributed by atoms with van der Waals surface area (Å²) >= 11 is 0. The van der Waals surface area contributed by atoms with Crippen molar-refractivity contribution < 1.29 is 0 Å². The Labute approximate surface area is 83.5 Å². The van der Waals surface area contributed by atoms with Crippen molar-refractivity contribution in [3.63, 3.8) is 0 Å². The van der Waals surface area contributed by atoms with E-state index in [0.29, 0.717) is 5.41 Å². The normalized spacial score (nSPS) is 29.8. The van der Waals surface area contributed by atoms with Crippen LogP contribution < -0.4 is 0 Å². The molecule has 1 fully saturated rings. The molecule has 0 aliphatic carbocycles. The number of hydrogen-bond donors (Lipinski definition) is 0. The van der Waals surface area contributed by atoms with Gasteiger partial charge in [-0.25, -0.2) is 0 Å². The fraction of sp³-hybridized carbons (Fsp3) is 1.00. The van der Waals surface area contributed by atoms with Crippen molar-refractivity contribution in [1.82, 2.24) is 4.90 Å². The molecule has 1 aliphatic heterocycles. The molecule has 1 heteroatoms. The van der Waals surface area contributed by atoms with Gasteiger partial charge in [-0.15, -0.1) is 0 Å². The van der Waals surface area contributed by atoms with Gasteiger partial charge in [0.25, 0.3) is 0 Å². The van der Waals surface area contributed by atoms with Gasteiger partial charge < -0.3 is 4.90 Å². The van der Waals surface area contributed by atoms with Gasteiger partial charge in [0.15, 0.2) is 0 Å². The van der Waals surface area contributed by atoms with Crippen molar-refractivity contribution in [2.45, 2.75) is 52.4 Å². The van der Waals surface area contributed by atoms with Crippen molar-refractivity contribution >= 4 is 0 Å². The van der Waals surface area contributed by atoms with Crippen LogP contribution >= 0.6 is 0 Å². The molecule has 0 aromatic heterocycles. The molecule has 1 unspecified atom stereocenters. The number of unbranched alkanes of at least 4 members (excludes halogenated alkanes) is 2. The lowest BCUT2D eigenvalue weighted by atomic mass is 9.79. The number of hydrogen-bond acceptors (Lipinski definition) is 1. The molecule has 0 N–H and O–H groups in total. The Balaban J connectivity index is 2.32. The van der Waals surface area contributed by atoms with Gasteiger partial charge in [0.05, 0.1) is 0 Å². The van der Waals surface area contributed by atoms with Crippen LogP contribution in [0.25, 0.3) is 0 Å². The summed E-state index contributed by atoms with van der Waals surface area (Å²) in [4.78, 5) is 2.50. The highest BCUT2D eigenvalue weighted by molar-refractivity contribution is 4.87. The Morgan fingerprint density at radius 2 is 2.00 bits per heavy atom. The maximum absolute atomic E-state index is 2.50. The third-order valence-electron chi connectivity index (χ3n) is 3.69. The molecule has 13 heavy (non-hydrogen) atoms. The molecule has 0 amide bonds. The summed E-state index contributed by atoms with van der Waals surface area (Å²) in [5, 5.41) is 0. The minimum Gasteiger partial charge on any atom is -0.306 e. The van der Waals surface area contributed by atoms with Crippen LogP contribution in [0.4, 0.5) is 0 Å². The van der Waals surface area contributed by atoms with E-state index >= 15 is 0 Å². The second-order valence-electron chi connectivity index (χ2n) is 4.80. The molecule has 0 aromatic rings. The van der Waals surface area contributed by atoms with Gasteiger partial charge in [-0.1, -0.05) is 33.1 Å². The Hall–Kier alpha value is -0.0400. The maximum Gasteiger partial charge on any atom is 0.00353 e. The number of nitrogens with zero attached hydrogens (tertiary/aromatic N) is 1. The molecule has 0 bridgehead atoms. The van der Waals surface area contributed by atoms with E-state index in [1.807, 2.05) is 0 Å². The molecule has 1 aliphatic rings. The quantitative estimate of drug-likeness (QED) is 0.591. The summed E-state index contributed by atoms with van der Waals surface area (Å²) in [5.74, 6) is 0. The van der Waals surface area contributed by atoms with Crippen LogP contribution in [-0.4, -0.2) is 25.0 Å². The second kappa shape index (κ2) is 4.99. The molecular weight excluding hydrogens is 158 g/mol. The Morgan fingerprint density at radius 3 is 2.46 bits per heavy atom. The van der Waals surface area contributed by atoms with Gasteiger partial charge in [-0.2, -0.15) is 0 Å². The zero-order valence-electron chi connectivity index (χ0n) is 9.60. The van der Waals surface area contributed by atoms with Gasteiger partial charge in [0, 0.05) is 6.54 Å². The van der Waals surface area contributed by atoms with Crippen LogP contribution in [0.2, 0.25) is 0 Å². The highest BCUT2D eigenvalue weighted by Gasteiger charge is 2.33. The Bertz CT molecular complexity index is 144. The van der Waals surface area contributed by atoms with Gasteiger partial charge in [-0.05, 0) is 38.3 Å². The van der Waals surface area contributed by atoms with Gasteiger partial charge in [0.2, 0.25) is 0 Å². The molecule has 1 nitrogen and oxygen atoms in total. The predicted octanol–water partition coefficient (Wildman–Crippen LogP) is 3.30. The fourth-order valence-electron chi connectivity index (χ4n) is 2.58. The maximum atomic E-state index is 2.50. The van der Waals surface area contributed by atoms with Gasteiger partial charge in [0.1, 0.15) is 0 Å². The van der Waals surface area contributed by atoms with Crippen LogP contribution in [-0.2, 0) is 0 Å². The van der Waals surface area contributed by atoms with Crippen LogP contribution in [0, 0.1) is 5.41 Å². The zero-order chi connectivity index (χ0) is 9.73. The average Bonchev–Trinajstić information content (AvgIpc) is 2.49. The van der Waals surface area contributed by atoms with E-state index in [1.54, 1.807) is 0 Å². The van der Waals surface area contributed by atoms with Crippen LogP contribution in [0.5, 0.6) is 0 Å². The van der Waals surface area contributed by atoms with E-state index in [0.717, 1.165) is 0 Å². The summed E-state index contributed by atoms with van der Waals surface area (Å²) in [6.45, 7) is 7.32. The standard InChI is InChI=1S/C12H25N/c1-4-6-7-8-12(5-2)9-10-13(3)11-12/h4-11H2,1-3H3. The predicted molar refractivity (Wildman–Crippen MR) is 59.0 cm³/mol. The minimum atomic E-state index is 0.684. The Morgan fingerprint density at radius 1 is 1.23 bits per heavy atom. The zero-order valence-corrected chi connectivity index (χ0v) is 9.60. The second-order valence-corrected chi connectivity index (χ2v) is 4.80. The summed E-state index contributed by atoms with van der Waals surface area (Å²) < 4.78 is 0. The van der Waals surface area contributed by atoms with E-state index in [-0.39, 0.29) is 0 Å². The van der Waals surface area contributed by atoms with E-state index in [1.165, 1.54) is 51.6 Å². The van der Waals surface area contributed by atoms with Gasteiger partial charge in [-0.3, -0.25) is 0 Å². The average molecular weight is 183 g/mol. The molecule has 0 saturated carbocycles. The van der Waals surface area contributed by atoms with E-state index in [2.05, 4.69) is 25.8 Å². The lowest BCUT2D eigenvalue weighted by Gasteiger charge is -2.27. The summed E-state index contributed by atoms with van der Waals surface area (Å²) in [6.07, 6.45) is 8.49. The molecule has 0 aromatic carbocycles. The van der Waals surface area contributed by atoms with Crippen LogP contribution in [0.1, 0.15) is 52.4 Å². The molecule has 78 valence electrons. The summed E-state index contributed by atoms with van der Waals surface area (Å²) in [5.41, 5.74) is 0.684. The molecular formula is C12H25N. The first-order chi connectivity index (χ1) is 6.22. The number of rotatable bonds is 5. The topological polar surface area (TPSA) is 3.24 Å². The largest absolute Gasteiger partial charge is 0.306 e. The first kappa shape index (κ1) is 11.0. The van der Waals surface area contributed by atoms with Crippen molar-refractivity contribution in [1.29, 1.82) is 0 Å². The first-order valence-electron chi connectivity index (χ1n) is 5.91. The highest BCUT2D eigenvalue weighted by atomic mass is 15.1. The molecule has 1 atom stereocenters. The molecule has 0 radical (unpaired) electrons. The summed E-state index contributed by atoms with van der Waals surface area (Å²) in [7, 11) is 2.26. The lowest BCUT2D eigenvalue weighted by Crippen LogP contribution is -2.24. The monoisotopic (exact) mass is 183 g/mol. The highest BCUT2D eigenvalue weighted by Crippen LogP contribution is 2.38. The van der Waals surface area contributed by atoms with Crippen molar-refractivity contribution in [2.24, 2.45) is 5.41 Å². The van der Waals surface area contributed by atoms with Crippen molar-refractivity contribution in [2.75, 3.05) is 20.1 Å². The number of likely N-dealkylation sites (tertiary alicyclic amines) is 1. The van der Waals surface area contributed by atoms with Crippen molar-refractivity contribution in [3.8, 4) is 0 Å². The third-order valence-corrected chi connectivity index (χ3v) is 3.69. The molecule has 1 saturated heterocycles. The lowest BCUT2D eigenvalue weighted by molar-refractivity contribution is 0.243. The van der Waals surface area contributed by atoms with Crippen LogP contribution in [0.15, 0.2) is 0 Å². The molecule has 1 heterocycles. The smallest absolute Gasteiger partial charge is 0.00353 e. The van der Waals surface area contributed by atoms with Crippen LogP contribution in [0.3, 0.4) is 0 Å². The third kappa shape index (κ3) is 2.98. The molecule has 1 rings (SSSR count). The minimum absolute atomic E-state index is 0.684. The van der Waals surface area contributed by atoms with Gasteiger partial charge >= 0.3 is 0 Å². The van der Waals surface area contributed by atoms with E-state index < -0.39 is 0 Å². The first-order valence-corrected chi connectivity index (χ1v) is 5.91. The summed E-state index contributed by atoms with van der Waals surface area (Å²) in [6, 6.07) is 0. The van der Waals surface area contributed by atoms with E-state index in [9.17, 15) is 0 Å². The Kier molecular flexibility index (Phi) is 4.24. The van der Waals surface area contributed by atoms with Crippen molar-refractivity contribution in [3.05, 3.63) is 0 Å². The van der Waals surface area contributed by atoms with E-state index in [4.69, 9.17) is 0 Å². The SMILES string of the molecule is CCCCCC1(CC)CCN(C)C1. The fourth-order valence-corrected chi connectivity index (χ4v) is 2.58.